The van der Waals surface area contributed by atoms with Crippen molar-refractivity contribution in [2.45, 2.75) is 6.92 Å². The molecule has 0 aromatic carbocycles. The summed E-state index contributed by atoms with van der Waals surface area (Å²) in [7, 11) is -2.06. The standard InChI is InChI=1S/C8H12N2OS/c1-3-12(2,11)10-8-6-4-5-7-9-8/h4-7H,3H2,1-2H3/t12-/m0/s1. The molecule has 0 aliphatic rings. The molecule has 66 valence electrons. The summed E-state index contributed by atoms with van der Waals surface area (Å²) in [5, 5.41) is 0. The van der Waals surface area contributed by atoms with Crippen LogP contribution in [0.4, 0.5) is 5.82 Å². The van der Waals surface area contributed by atoms with Gasteiger partial charge in [0.1, 0.15) is 0 Å². The van der Waals surface area contributed by atoms with Crippen molar-refractivity contribution in [3.8, 4) is 0 Å². The molecule has 0 spiro atoms. The van der Waals surface area contributed by atoms with Crippen LogP contribution in [0.25, 0.3) is 0 Å². The van der Waals surface area contributed by atoms with Crippen LogP contribution >= 0.6 is 0 Å². The highest BCUT2D eigenvalue weighted by Crippen LogP contribution is 2.08. The van der Waals surface area contributed by atoms with Crippen LogP contribution in [0.3, 0.4) is 0 Å². The van der Waals surface area contributed by atoms with E-state index in [1.165, 1.54) is 0 Å². The van der Waals surface area contributed by atoms with Gasteiger partial charge in [-0.05, 0) is 12.1 Å². The fraction of sp³-hybridized carbons (Fsp3) is 0.375. The Morgan fingerprint density at radius 3 is 2.83 bits per heavy atom. The Bertz CT molecular complexity index is 353. The molecule has 0 unspecified atom stereocenters. The van der Waals surface area contributed by atoms with Gasteiger partial charge in [0.2, 0.25) is 0 Å². The van der Waals surface area contributed by atoms with Crippen molar-refractivity contribution >= 4 is 15.5 Å². The number of hydrogen-bond donors (Lipinski definition) is 0. The lowest BCUT2D eigenvalue weighted by atomic mass is 10.5. The second kappa shape index (κ2) is 3.67. The van der Waals surface area contributed by atoms with Crippen LogP contribution < -0.4 is 0 Å². The minimum atomic E-state index is -2.06. The summed E-state index contributed by atoms with van der Waals surface area (Å²) < 4.78 is 15.5. The van der Waals surface area contributed by atoms with E-state index < -0.39 is 9.73 Å². The minimum Gasteiger partial charge on any atom is -0.250 e. The molecular weight excluding hydrogens is 172 g/mol. The molecule has 0 fully saturated rings. The van der Waals surface area contributed by atoms with Gasteiger partial charge in [0.15, 0.2) is 5.82 Å². The van der Waals surface area contributed by atoms with E-state index in [1.807, 2.05) is 19.1 Å². The fourth-order valence-electron chi connectivity index (χ4n) is 0.670. The third-order valence-corrected chi connectivity index (χ3v) is 3.12. The zero-order chi connectivity index (χ0) is 9.03. The highest BCUT2D eigenvalue weighted by Gasteiger charge is 1.96. The Balaban J connectivity index is 3.04. The molecule has 0 aliphatic carbocycles. The van der Waals surface area contributed by atoms with Gasteiger partial charge >= 0.3 is 0 Å². The van der Waals surface area contributed by atoms with Gasteiger partial charge < -0.3 is 0 Å². The van der Waals surface area contributed by atoms with Crippen molar-refractivity contribution in [1.29, 1.82) is 0 Å². The summed E-state index contributed by atoms with van der Waals surface area (Å²) in [6.07, 6.45) is 3.28. The first kappa shape index (κ1) is 9.19. The zero-order valence-corrected chi connectivity index (χ0v) is 8.04. The quantitative estimate of drug-likeness (QED) is 0.703. The molecule has 0 N–H and O–H groups in total. The van der Waals surface area contributed by atoms with E-state index in [1.54, 1.807) is 18.5 Å². The summed E-state index contributed by atoms with van der Waals surface area (Å²) >= 11 is 0. The molecule has 4 heteroatoms. The van der Waals surface area contributed by atoms with Crippen molar-refractivity contribution in [2.24, 2.45) is 4.36 Å². The van der Waals surface area contributed by atoms with Crippen LogP contribution in [0.15, 0.2) is 28.8 Å². The summed E-state index contributed by atoms with van der Waals surface area (Å²) in [5.41, 5.74) is 0. The van der Waals surface area contributed by atoms with Crippen LogP contribution in [-0.4, -0.2) is 21.2 Å². The van der Waals surface area contributed by atoms with Crippen molar-refractivity contribution in [2.75, 3.05) is 12.0 Å². The molecule has 1 aromatic rings. The first-order valence-electron chi connectivity index (χ1n) is 3.75. The molecule has 1 atom stereocenters. The molecule has 3 nitrogen and oxygen atoms in total. The van der Waals surface area contributed by atoms with E-state index in [0.29, 0.717) is 11.6 Å². The lowest BCUT2D eigenvalue weighted by Gasteiger charge is -1.97. The van der Waals surface area contributed by atoms with E-state index in [4.69, 9.17) is 0 Å². The predicted octanol–water partition coefficient (Wildman–Crippen LogP) is 1.83. The Morgan fingerprint density at radius 1 is 1.58 bits per heavy atom. The monoisotopic (exact) mass is 184 g/mol. The van der Waals surface area contributed by atoms with Crippen molar-refractivity contribution in [3.63, 3.8) is 0 Å². The normalized spacial score (nSPS) is 15.2. The summed E-state index contributed by atoms with van der Waals surface area (Å²) in [6.45, 7) is 1.86. The number of aromatic nitrogens is 1. The molecule has 0 saturated heterocycles. The third kappa shape index (κ3) is 2.62. The molecule has 1 heterocycles. The average molecular weight is 184 g/mol. The fourth-order valence-corrected chi connectivity index (χ4v) is 1.30. The molecule has 0 bridgehead atoms. The average Bonchev–Trinajstić information content (AvgIpc) is 2.06. The van der Waals surface area contributed by atoms with Crippen LogP contribution in [0.1, 0.15) is 6.92 Å². The van der Waals surface area contributed by atoms with Gasteiger partial charge in [0.25, 0.3) is 0 Å². The highest BCUT2D eigenvalue weighted by molar-refractivity contribution is 7.93. The Morgan fingerprint density at radius 2 is 2.33 bits per heavy atom. The highest BCUT2D eigenvalue weighted by atomic mass is 32.2. The zero-order valence-electron chi connectivity index (χ0n) is 7.23. The first-order chi connectivity index (χ1) is 5.64. The summed E-state index contributed by atoms with van der Waals surface area (Å²) in [5.74, 6) is 1.11. The topological polar surface area (TPSA) is 42.3 Å². The van der Waals surface area contributed by atoms with Crippen molar-refractivity contribution in [1.82, 2.24) is 4.98 Å². The second-order valence-corrected chi connectivity index (χ2v) is 5.21. The maximum Gasteiger partial charge on any atom is 0.161 e. The first-order valence-corrected chi connectivity index (χ1v) is 5.84. The minimum absolute atomic E-state index is 0.548. The maximum absolute atomic E-state index is 11.5. The molecule has 1 rings (SSSR count). The number of pyridine rings is 1. The van der Waals surface area contributed by atoms with Gasteiger partial charge in [0, 0.05) is 18.2 Å². The second-order valence-electron chi connectivity index (χ2n) is 2.53. The number of nitrogens with zero attached hydrogens (tertiary/aromatic N) is 2. The van der Waals surface area contributed by atoms with Crippen molar-refractivity contribution in [3.05, 3.63) is 24.4 Å². The van der Waals surface area contributed by atoms with E-state index in [9.17, 15) is 4.21 Å². The summed E-state index contributed by atoms with van der Waals surface area (Å²) in [4.78, 5) is 3.97. The summed E-state index contributed by atoms with van der Waals surface area (Å²) in [6, 6.07) is 5.39. The van der Waals surface area contributed by atoms with Gasteiger partial charge in [-0.1, -0.05) is 13.0 Å². The van der Waals surface area contributed by atoms with Crippen LogP contribution in [0, 0.1) is 0 Å². The lowest BCUT2D eigenvalue weighted by molar-refractivity contribution is 0.681. The van der Waals surface area contributed by atoms with Gasteiger partial charge in [-0.15, -0.1) is 0 Å². The molecule has 0 radical (unpaired) electrons. The maximum atomic E-state index is 11.5. The lowest BCUT2D eigenvalue weighted by Crippen LogP contribution is -1.97. The number of rotatable bonds is 2. The van der Waals surface area contributed by atoms with Crippen LogP contribution in [0.5, 0.6) is 0 Å². The molecule has 1 aromatic heterocycles. The smallest absolute Gasteiger partial charge is 0.161 e. The van der Waals surface area contributed by atoms with E-state index in [2.05, 4.69) is 9.35 Å². The molecule has 12 heavy (non-hydrogen) atoms. The Hall–Kier alpha value is -0.900. The largest absolute Gasteiger partial charge is 0.250 e. The molecule has 0 aliphatic heterocycles. The van der Waals surface area contributed by atoms with Gasteiger partial charge in [0.05, 0.1) is 9.73 Å². The SMILES string of the molecule is CC[S@](C)(=O)=Nc1ccccn1. The van der Waals surface area contributed by atoms with Gasteiger partial charge in [-0.25, -0.2) is 9.19 Å². The third-order valence-electron chi connectivity index (χ3n) is 1.47. The number of hydrogen-bond acceptors (Lipinski definition) is 3. The van der Waals surface area contributed by atoms with Crippen molar-refractivity contribution < 1.29 is 4.21 Å². The van der Waals surface area contributed by atoms with Gasteiger partial charge in [-0.2, -0.15) is 4.36 Å². The Kier molecular flexibility index (Phi) is 2.81. The Labute approximate surface area is 73.0 Å². The van der Waals surface area contributed by atoms with Crippen LogP contribution in [0.2, 0.25) is 0 Å². The van der Waals surface area contributed by atoms with E-state index in [0.717, 1.165) is 0 Å². The van der Waals surface area contributed by atoms with Crippen LogP contribution in [-0.2, 0) is 9.73 Å². The predicted molar refractivity (Wildman–Crippen MR) is 50.9 cm³/mol. The van der Waals surface area contributed by atoms with E-state index in [-0.39, 0.29) is 0 Å². The van der Waals surface area contributed by atoms with E-state index >= 15 is 0 Å². The van der Waals surface area contributed by atoms with Gasteiger partial charge in [-0.3, -0.25) is 0 Å². The molecule has 0 amide bonds. The molecule has 0 saturated carbocycles. The molecular formula is C8H12N2OS.